The molecular weight excluding hydrogens is 240 g/mol. The minimum absolute atomic E-state index is 0.450. The van der Waals surface area contributed by atoms with Crippen LogP contribution >= 0.6 is 0 Å². The highest BCUT2D eigenvalue weighted by atomic mass is 16.4. The number of hydrogen-bond acceptors (Lipinski definition) is 5. The lowest BCUT2D eigenvalue weighted by Crippen LogP contribution is -2.48. The summed E-state index contributed by atoms with van der Waals surface area (Å²) in [6, 6.07) is 0. The highest BCUT2D eigenvalue weighted by Crippen LogP contribution is 2.17. The van der Waals surface area contributed by atoms with Crippen molar-refractivity contribution >= 4 is 5.71 Å². The van der Waals surface area contributed by atoms with Gasteiger partial charge in [0.15, 0.2) is 0 Å². The summed E-state index contributed by atoms with van der Waals surface area (Å²) in [5.74, 6) is 0.450. The monoisotopic (exact) mass is 268 g/mol. The number of oxime groups is 1. The fourth-order valence-electron chi connectivity index (χ4n) is 3.04. The molecule has 0 bridgehead atoms. The van der Waals surface area contributed by atoms with Crippen molar-refractivity contribution in [3.8, 4) is 0 Å². The van der Waals surface area contributed by atoms with Gasteiger partial charge in [0.05, 0.1) is 5.71 Å². The van der Waals surface area contributed by atoms with Crippen LogP contribution in [0.2, 0.25) is 0 Å². The van der Waals surface area contributed by atoms with Gasteiger partial charge in [0.25, 0.3) is 0 Å². The molecule has 0 aromatic rings. The number of likely N-dealkylation sites (tertiary alicyclic amines) is 1. The molecule has 0 spiro atoms. The van der Waals surface area contributed by atoms with Gasteiger partial charge in [-0.05, 0) is 13.5 Å². The smallest absolute Gasteiger partial charge is 0.0627 e. The Hall–Kier alpha value is -0.650. The van der Waals surface area contributed by atoms with Crippen LogP contribution in [0.15, 0.2) is 5.16 Å². The third-order valence-electron chi connectivity index (χ3n) is 4.58. The van der Waals surface area contributed by atoms with Crippen LogP contribution in [0.1, 0.15) is 19.8 Å². The Bertz CT molecular complexity index is 300. The van der Waals surface area contributed by atoms with Gasteiger partial charge in [0.1, 0.15) is 0 Å². The zero-order valence-electron chi connectivity index (χ0n) is 12.4. The number of piperazine rings is 1. The lowest BCUT2D eigenvalue weighted by molar-refractivity contribution is 0.129. The minimum Gasteiger partial charge on any atom is -0.411 e. The third-order valence-corrected chi connectivity index (χ3v) is 4.58. The number of piperidine rings is 1. The minimum atomic E-state index is 0.450. The number of nitrogens with zero attached hydrogens (tertiary/aromatic N) is 4. The Kier molecular flexibility index (Phi) is 5.60. The molecule has 0 amide bonds. The fourth-order valence-corrected chi connectivity index (χ4v) is 3.04. The van der Waals surface area contributed by atoms with Gasteiger partial charge >= 0.3 is 0 Å². The summed E-state index contributed by atoms with van der Waals surface area (Å²) in [5, 5.41) is 12.5. The van der Waals surface area contributed by atoms with Crippen LogP contribution in [0.25, 0.3) is 0 Å². The first-order chi connectivity index (χ1) is 9.22. The second-order valence-corrected chi connectivity index (χ2v) is 5.89. The van der Waals surface area contributed by atoms with Crippen molar-refractivity contribution in [3.05, 3.63) is 0 Å². The lowest BCUT2D eigenvalue weighted by Gasteiger charge is -2.36. The molecular formula is C14H28N4O. The van der Waals surface area contributed by atoms with E-state index in [9.17, 15) is 0 Å². The van der Waals surface area contributed by atoms with E-state index in [1.165, 1.54) is 32.7 Å². The first-order valence-corrected chi connectivity index (χ1v) is 7.57. The molecule has 1 N–H and O–H groups in total. The largest absolute Gasteiger partial charge is 0.411 e. The Morgan fingerprint density at radius 2 is 1.79 bits per heavy atom. The normalized spacial score (nSPS) is 30.0. The molecule has 5 heteroatoms. The summed E-state index contributed by atoms with van der Waals surface area (Å²) in [4.78, 5) is 7.49. The molecule has 0 radical (unpaired) electrons. The average molecular weight is 268 g/mol. The van der Waals surface area contributed by atoms with E-state index in [1.54, 1.807) is 0 Å². The second kappa shape index (κ2) is 7.22. The van der Waals surface area contributed by atoms with Gasteiger partial charge in [-0.3, -0.25) is 4.90 Å². The van der Waals surface area contributed by atoms with Crippen molar-refractivity contribution in [3.63, 3.8) is 0 Å². The molecule has 2 heterocycles. The SMILES string of the molecule is CCC1CN(CCN2CCN(C)CC2)CCC1=NO. The molecule has 5 nitrogen and oxygen atoms in total. The van der Waals surface area contributed by atoms with Gasteiger partial charge in [-0.25, -0.2) is 0 Å². The van der Waals surface area contributed by atoms with E-state index in [1.807, 2.05) is 0 Å². The maximum absolute atomic E-state index is 8.99. The highest BCUT2D eigenvalue weighted by molar-refractivity contribution is 5.87. The highest BCUT2D eigenvalue weighted by Gasteiger charge is 2.25. The van der Waals surface area contributed by atoms with E-state index in [4.69, 9.17) is 5.21 Å². The Labute approximate surface area is 116 Å². The van der Waals surface area contributed by atoms with Gasteiger partial charge < -0.3 is 15.0 Å². The van der Waals surface area contributed by atoms with Crippen LogP contribution in [0.4, 0.5) is 0 Å². The molecule has 1 unspecified atom stereocenters. The van der Waals surface area contributed by atoms with Gasteiger partial charge in [0, 0.05) is 64.7 Å². The summed E-state index contributed by atoms with van der Waals surface area (Å²) in [5.41, 5.74) is 0.998. The summed E-state index contributed by atoms with van der Waals surface area (Å²) in [6.07, 6.45) is 2.00. The van der Waals surface area contributed by atoms with E-state index < -0.39 is 0 Å². The molecule has 2 rings (SSSR count). The zero-order chi connectivity index (χ0) is 13.7. The van der Waals surface area contributed by atoms with Crippen LogP contribution in [0.5, 0.6) is 0 Å². The number of rotatable bonds is 4. The molecule has 110 valence electrons. The molecule has 0 aromatic heterocycles. The molecule has 0 aromatic carbocycles. The van der Waals surface area contributed by atoms with Crippen molar-refractivity contribution in [1.82, 2.24) is 14.7 Å². The van der Waals surface area contributed by atoms with E-state index >= 15 is 0 Å². The summed E-state index contributed by atoms with van der Waals surface area (Å²) in [6.45, 7) is 11.4. The van der Waals surface area contributed by atoms with Gasteiger partial charge in [-0.2, -0.15) is 0 Å². The van der Waals surface area contributed by atoms with Crippen molar-refractivity contribution in [2.75, 3.05) is 59.4 Å². The maximum atomic E-state index is 8.99. The van der Waals surface area contributed by atoms with E-state index in [-0.39, 0.29) is 0 Å². The molecule has 19 heavy (non-hydrogen) atoms. The first-order valence-electron chi connectivity index (χ1n) is 7.57. The molecule has 0 aliphatic carbocycles. The van der Waals surface area contributed by atoms with Crippen LogP contribution < -0.4 is 0 Å². The summed E-state index contributed by atoms with van der Waals surface area (Å²) in [7, 11) is 2.20. The van der Waals surface area contributed by atoms with Crippen LogP contribution in [0.3, 0.4) is 0 Å². The van der Waals surface area contributed by atoms with Crippen molar-refractivity contribution in [1.29, 1.82) is 0 Å². The predicted molar refractivity (Wildman–Crippen MR) is 78.0 cm³/mol. The molecule has 0 saturated carbocycles. The van der Waals surface area contributed by atoms with Crippen molar-refractivity contribution in [2.45, 2.75) is 19.8 Å². The summed E-state index contributed by atoms with van der Waals surface area (Å²) >= 11 is 0. The molecule has 2 aliphatic heterocycles. The molecule has 2 aliphatic rings. The van der Waals surface area contributed by atoms with Gasteiger partial charge in [-0.15, -0.1) is 0 Å². The zero-order valence-corrected chi connectivity index (χ0v) is 12.4. The molecule has 2 saturated heterocycles. The Morgan fingerprint density at radius 1 is 1.11 bits per heavy atom. The van der Waals surface area contributed by atoms with Crippen LogP contribution in [-0.2, 0) is 0 Å². The van der Waals surface area contributed by atoms with Crippen LogP contribution in [-0.4, -0.2) is 85.0 Å². The Balaban J connectivity index is 1.72. The number of likely N-dealkylation sites (N-methyl/N-ethyl adjacent to an activating group) is 1. The van der Waals surface area contributed by atoms with E-state index in [0.29, 0.717) is 5.92 Å². The van der Waals surface area contributed by atoms with Gasteiger partial charge in [-0.1, -0.05) is 12.1 Å². The van der Waals surface area contributed by atoms with Crippen LogP contribution in [0, 0.1) is 5.92 Å². The van der Waals surface area contributed by atoms with E-state index in [2.05, 4.69) is 33.8 Å². The van der Waals surface area contributed by atoms with Gasteiger partial charge in [0.2, 0.25) is 0 Å². The quantitative estimate of drug-likeness (QED) is 0.605. The predicted octanol–water partition coefficient (Wildman–Crippen LogP) is 0.796. The molecule has 2 fully saturated rings. The number of hydrogen-bond donors (Lipinski definition) is 1. The average Bonchev–Trinajstić information content (AvgIpc) is 2.46. The topological polar surface area (TPSA) is 42.3 Å². The second-order valence-electron chi connectivity index (χ2n) is 5.89. The summed E-state index contributed by atoms with van der Waals surface area (Å²) < 4.78 is 0. The fraction of sp³-hybridized carbons (Fsp3) is 0.929. The first kappa shape index (κ1) is 14.8. The molecule has 1 atom stereocenters. The third kappa shape index (κ3) is 4.16. The lowest BCUT2D eigenvalue weighted by atomic mass is 9.93. The standard InChI is InChI=1S/C14H28N4O/c1-3-13-12-18(5-4-14(13)15-19)11-10-17-8-6-16(2)7-9-17/h13,19H,3-12H2,1-2H3. The maximum Gasteiger partial charge on any atom is 0.0627 e. The van der Waals surface area contributed by atoms with Crippen molar-refractivity contribution in [2.24, 2.45) is 11.1 Å². The van der Waals surface area contributed by atoms with Crippen molar-refractivity contribution < 1.29 is 5.21 Å². The Morgan fingerprint density at radius 3 is 2.42 bits per heavy atom. The van der Waals surface area contributed by atoms with E-state index in [0.717, 1.165) is 38.2 Å².